The molecule has 0 fully saturated rings. The van der Waals surface area contributed by atoms with Crippen LogP contribution >= 0.6 is 11.3 Å². The Labute approximate surface area is 111 Å². The van der Waals surface area contributed by atoms with Crippen LogP contribution < -0.4 is 5.32 Å². The van der Waals surface area contributed by atoms with Crippen LogP contribution in [0, 0.1) is 19.8 Å². The molecule has 0 atom stereocenters. The molecule has 2 rings (SSSR count). The van der Waals surface area contributed by atoms with Crippen molar-refractivity contribution in [3.05, 3.63) is 22.0 Å². The normalized spacial score (nSPS) is 11.2. The van der Waals surface area contributed by atoms with Gasteiger partial charge in [0.1, 0.15) is 5.01 Å². The Morgan fingerprint density at radius 2 is 2.06 bits per heavy atom. The number of anilines is 1. The highest BCUT2D eigenvalue weighted by Crippen LogP contribution is 2.19. The van der Waals surface area contributed by atoms with Gasteiger partial charge < -0.3 is 5.32 Å². The Bertz CT molecular complexity index is 495. The van der Waals surface area contributed by atoms with Crippen LogP contribution in [-0.4, -0.2) is 20.4 Å². The van der Waals surface area contributed by atoms with Gasteiger partial charge in [-0.15, -0.1) is 10.2 Å². The average Bonchev–Trinajstić information content (AvgIpc) is 2.84. The van der Waals surface area contributed by atoms with E-state index in [4.69, 9.17) is 0 Å². The number of aromatic amines is 1. The molecule has 0 saturated carbocycles. The van der Waals surface area contributed by atoms with Crippen LogP contribution in [0.15, 0.2) is 0 Å². The molecular formula is C12H19N5S. The van der Waals surface area contributed by atoms with Crippen molar-refractivity contribution in [2.75, 3.05) is 5.32 Å². The minimum Gasteiger partial charge on any atom is -0.356 e. The number of hydrogen-bond donors (Lipinski definition) is 2. The van der Waals surface area contributed by atoms with Crippen LogP contribution in [0.5, 0.6) is 0 Å². The molecule has 0 spiro atoms. The van der Waals surface area contributed by atoms with E-state index in [1.54, 1.807) is 11.3 Å². The van der Waals surface area contributed by atoms with E-state index in [1.807, 2.05) is 13.8 Å². The van der Waals surface area contributed by atoms with Gasteiger partial charge in [0.25, 0.3) is 0 Å². The molecule has 2 aromatic heterocycles. The molecule has 0 bridgehead atoms. The van der Waals surface area contributed by atoms with E-state index in [0.717, 1.165) is 34.5 Å². The highest BCUT2D eigenvalue weighted by Gasteiger charge is 2.09. The Morgan fingerprint density at radius 3 is 2.67 bits per heavy atom. The SMILES string of the molecule is Cc1n[nH]c(C)c1CNc1nnc(CC(C)C)s1. The molecular weight excluding hydrogens is 246 g/mol. The van der Waals surface area contributed by atoms with Gasteiger partial charge >= 0.3 is 0 Å². The Balaban J connectivity index is 1.96. The third-order valence-electron chi connectivity index (χ3n) is 2.75. The Morgan fingerprint density at radius 1 is 1.28 bits per heavy atom. The minimum absolute atomic E-state index is 0.615. The second-order valence-electron chi connectivity index (χ2n) is 4.87. The number of aromatic nitrogens is 4. The van der Waals surface area contributed by atoms with E-state index in [0.29, 0.717) is 5.92 Å². The van der Waals surface area contributed by atoms with Crippen LogP contribution in [-0.2, 0) is 13.0 Å². The largest absolute Gasteiger partial charge is 0.356 e. The summed E-state index contributed by atoms with van der Waals surface area (Å²) in [6.07, 6.45) is 0.989. The standard InChI is InChI=1S/C12H19N5S/c1-7(2)5-11-16-17-12(18-11)13-6-10-8(3)14-15-9(10)4/h7H,5-6H2,1-4H3,(H,13,17)(H,14,15). The van der Waals surface area contributed by atoms with Gasteiger partial charge in [-0.3, -0.25) is 5.10 Å². The first-order chi connectivity index (χ1) is 8.56. The summed E-state index contributed by atoms with van der Waals surface area (Å²) in [5.74, 6) is 0.615. The average molecular weight is 265 g/mol. The summed E-state index contributed by atoms with van der Waals surface area (Å²) in [6.45, 7) is 9.15. The molecule has 0 aliphatic heterocycles. The lowest BCUT2D eigenvalue weighted by atomic mass is 10.1. The van der Waals surface area contributed by atoms with Gasteiger partial charge in [-0.05, 0) is 19.8 Å². The molecule has 0 aromatic carbocycles. The van der Waals surface area contributed by atoms with E-state index in [1.165, 1.54) is 5.56 Å². The fourth-order valence-electron chi connectivity index (χ4n) is 1.76. The summed E-state index contributed by atoms with van der Waals surface area (Å²) >= 11 is 1.63. The van der Waals surface area contributed by atoms with E-state index < -0.39 is 0 Å². The van der Waals surface area contributed by atoms with Crippen LogP contribution in [0.1, 0.15) is 35.8 Å². The predicted octanol–water partition coefficient (Wildman–Crippen LogP) is 2.69. The number of aryl methyl sites for hydroxylation is 2. The fraction of sp³-hybridized carbons (Fsp3) is 0.583. The predicted molar refractivity (Wildman–Crippen MR) is 73.8 cm³/mol. The van der Waals surface area contributed by atoms with Crippen molar-refractivity contribution < 1.29 is 0 Å². The molecule has 5 nitrogen and oxygen atoms in total. The number of nitrogens with zero attached hydrogens (tertiary/aromatic N) is 3. The molecule has 0 saturated heterocycles. The van der Waals surface area contributed by atoms with Gasteiger partial charge in [-0.25, -0.2) is 0 Å². The van der Waals surface area contributed by atoms with Crippen molar-refractivity contribution in [3.8, 4) is 0 Å². The third kappa shape index (κ3) is 3.07. The Kier molecular flexibility index (Phi) is 3.96. The topological polar surface area (TPSA) is 66.5 Å². The Hall–Kier alpha value is -1.43. The minimum atomic E-state index is 0.615. The monoisotopic (exact) mass is 265 g/mol. The lowest BCUT2D eigenvalue weighted by Gasteiger charge is -2.02. The summed E-state index contributed by atoms with van der Waals surface area (Å²) in [4.78, 5) is 0. The lowest BCUT2D eigenvalue weighted by Crippen LogP contribution is -2.01. The van der Waals surface area contributed by atoms with E-state index in [2.05, 4.69) is 39.6 Å². The van der Waals surface area contributed by atoms with E-state index >= 15 is 0 Å². The maximum atomic E-state index is 4.18. The first-order valence-corrected chi connectivity index (χ1v) is 6.94. The zero-order valence-corrected chi connectivity index (χ0v) is 12.1. The maximum absolute atomic E-state index is 4.18. The lowest BCUT2D eigenvalue weighted by molar-refractivity contribution is 0.640. The van der Waals surface area contributed by atoms with Gasteiger partial charge in [0, 0.05) is 24.2 Å². The first kappa shape index (κ1) is 13.0. The summed E-state index contributed by atoms with van der Waals surface area (Å²) in [6, 6.07) is 0. The highest BCUT2D eigenvalue weighted by molar-refractivity contribution is 7.15. The second-order valence-corrected chi connectivity index (χ2v) is 5.93. The first-order valence-electron chi connectivity index (χ1n) is 6.13. The van der Waals surface area contributed by atoms with Crippen LogP contribution in [0.4, 0.5) is 5.13 Å². The molecule has 0 aliphatic carbocycles. The number of rotatable bonds is 5. The van der Waals surface area contributed by atoms with E-state index in [-0.39, 0.29) is 0 Å². The second kappa shape index (κ2) is 5.48. The molecule has 2 heterocycles. The molecule has 0 aliphatic rings. The van der Waals surface area contributed by atoms with Gasteiger partial charge in [-0.1, -0.05) is 25.2 Å². The summed E-state index contributed by atoms with van der Waals surface area (Å²) in [5, 5.41) is 20.8. The molecule has 0 amide bonds. The van der Waals surface area contributed by atoms with Crippen molar-refractivity contribution in [2.45, 2.75) is 40.7 Å². The molecule has 2 aromatic rings. The highest BCUT2D eigenvalue weighted by atomic mass is 32.1. The van der Waals surface area contributed by atoms with Crippen LogP contribution in [0.3, 0.4) is 0 Å². The molecule has 0 radical (unpaired) electrons. The van der Waals surface area contributed by atoms with Gasteiger partial charge in [0.2, 0.25) is 5.13 Å². The van der Waals surface area contributed by atoms with Crippen LogP contribution in [0.2, 0.25) is 0 Å². The zero-order chi connectivity index (χ0) is 13.1. The zero-order valence-electron chi connectivity index (χ0n) is 11.2. The molecule has 18 heavy (non-hydrogen) atoms. The van der Waals surface area contributed by atoms with Gasteiger partial charge in [0.15, 0.2) is 0 Å². The molecule has 6 heteroatoms. The van der Waals surface area contributed by atoms with Crippen molar-refractivity contribution >= 4 is 16.5 Å². The van der Waals surface area contributed by atoms with Crippen molar-refractivity contribution in [3.63, 3.8) is 0 Å². The van der Waals surface area contributed by atoms with Gasteiger partial charge in [-0.2, -0.15) is 5.10 Å². The smallest absolute Gasteiger partial charge is 0.205 e. The molecule has 2 N–H and O–H groups in total. The summed E-state index contributed by atoms with van der Waals surface area (Å²) in [7, 11) is 0. The van der Waals surface area contributed by atoms with Crippen molar-refractivity contribution in [1.29, 1.82) is 0 Å². The third-order valence-corrected chi connectivity index (χ3v) is 3.65. The number of hydrogen-bond acceptors (Lipinski definition) is 5. The van der Waals surface area contributed by atoms with Crippen LogP contribution in [0.25, 0.3) is 0 Å². The quantitative estimate of drug-likeness (QED) is 0.872. The molecule has 0 unspecified atom stereocenters. The maximum Gasteiger partial charge on any atom is 0.205 e. The number of nitrogens with one attached hydrogen (secondary N) is 2. The summed E-state index contributed by atoms with van der Waals surface area (Å²) < 4.78 is 0. The van der Waals surface area contributed by atoms with E-state index in [9.17, 15) is 0 Å². The van der Waals surface area contributed by atoms with Crippen molar-refractivity contribution in [1.82, 2.24) is 20.4 Å². The van der Waals surface area contributed by atoms with Crippen molar-refractivity contribution in [2.24, 2.45) is 5.92 Å². The number of H-pyrrole nitrogens is 1. The van der Waals surface area contributed by atoms with Gasteiger partial charge in [0.05, 0.1) is 5.69 Å². The molecule has 98 valence electrons. The fourth-order valence-corrected chi connectivity index (χ4v) is 2.70. The summed E-state index contributed by atoms with van der Waals surface area (Å²) in [5.41, 5.74) is 3.34.